The van der Waals surface area contributed by atoms with Gasteiger partial charge in [-0.15, -0.1) is 0 Å². The highest BCUT2D eigenvalue weighted by Crippen LogP contribution is 2.23. The summed E-state index contributed by atoms with van der Waals surface area (Å²) >= 11 is 5.82. The van der Waals surface area contributed by atoms with Gasteiger partial charge in [-0.25, -0.2) is 0 Å². The average molecular weight is 300 g/mol. The maximum Gasteiger partial charge on any atom is 0.241 e. The average Bonchev–Trinajstić information content (AvgIpc) is 2.40. The molecule has 5 nitrogen and oxygen atoms in total. The van der Waals surface area contributed by atoms with Gasteiger partial charge in [0, 0.05) is 11.6 Å². The van der Waals surface area contributed by atoms with Crippen molar-refractivity contribution in [1.82, 2.24) is 4.90 Å². The lowest BCUT2D eigenvalue weighted by Gasteiger charge is -2.27. The second-order valence-corrected chi connectivity index (χ2v) is 5.09. The monoisotopic (exact) mass is 299 g/mol. The molecule has 0 radical (unpaired) electrons. The third-order valence-corrected chi connectivity index (χ3v) is 3.33. The summed E-state index contributed by atoms with van der Waals surface area (Å²) in [6.45, 7) is 5.10. The van der Waals surface area contributed by atoms with E-state index in [1.165, 1.54) is 0 Å². The standard InChI is InChI=1S/C14H22ClN3O2/c1-3-6-18(7-8-19)10(2)14(20)17-13-5-4-11(15)9-12(13)16/h4-5,9-10,19H,3,6-8,16H2,1-2H3,(H,17,20). The molecule has 0 bridgehead atoms. The molecule has 1 atom stereocenters. The fraction of sp³-hybridized carbons (Fsp3) is 0.500. The zero-order chi connectivity index (χ0) is 15.1. The van der Waals surface area contributed by atoms with Gasteiger partial charge < -0.3 is 16.2 Å². The number of hydrogen-bond acceptors (Lipinski definition) is 4. The number of benzene rings is 1. The van der Waals surface area contributed by atoms with Crippen LogP contribution in [0, 0.1) is 0 Å². The lowest BCUT2D eigenvalue weighted by molar-refractivity contribution is -0.120. The van der Waals surface area contributed by atoms with E-state index in [0.29, 0.717) is 22.9 Å². The van der Waals surface area contributed by atoms with E-state index < -0.39 is 0 Å². The number of rotatable bonds is 7. The van der Waals surface area contributed by atoms with Crippen LogP contribution in [-0.4, -0.2) is 41.7 Å². The molecule has 1 aromatic carbocycles. The topological polar surface area (TPSA) is 78.6 Å². The smallest absolute Gasteiger partial charge is 0.241 e. The molecule has 0 fully saturated rings. The van der Waals surface area contributed by atoms with Crippen molar-refractivity contribution in [1.29, 1.82) is 0 Å². The van der Waals surface area contributed by atoms with E-state index in [0.717, 1.165) is 13.0 Å². The van der Waals surface area contributed by atoms with Crippen molar-refractivity contribution < 1.29 is 9.90 Å². The number of halogens is 1. The first kappa shape index (κ1) is 16.8. The summed E-state index contributed by atoms with van der Waals surface area (Å²) in [7, 11) is 0. The molecule has 1 unspecified atom stereocenters. The van der Waals surface area contributed by atoms with Gasteiger partial charge in [-0.2, -0.15) is 0 Å². The number of carbonyl (C=O) groups is 1. The van der Waals surface area contributed by atoms with Crippen molar-refractivity contribution in [3.8, 4) is 0 Å². The highest BCUT2D eigenvalue weighted by Gasteiger charge is 2.20. The fourth-order valence-corrected chi connectivity index (χ4v) is 2.15. The van der Waals surface area contributed by atoms with Gasteiger partial charge in [-0.05, 0) is 38.1 Å². The van der Waals surface area contributed by atoms with Crippen molar-refractivity contribution in [2.24, 2.45) is 0 Å². The van der Waals surface area contributed by atoms with E-state index >= 15 is 0 Å². The van der Waals surface area contributed by atoms with Crippen LogP contribution in [0.2, 0.25) is 5.02 Å². The Morgan fingerprint density at radius 2 is 2.20 bits per heavy atom. The van der Waals surface area contributed by atoms with Gasteiger partial charge in [0.1, 0.15) is 0 Å². The van der Waals surface area contributed by atoms with Crippen LogP contribution in [0.3, 0.4) is 0 Å². The molecule has 0 aliphatic rings. The van der Waals surface area contributed by atoms with Gasteiger partial charge >= 0.3 is 0 Å². The Kier molecular flexibility index (Phi) is 6.78. The first-order valence-electron chi connectivity index (χ1n) is 6.70. The maximum absolute atomic E-state index is 12.2. The zero-order valence-electron chi connectivity index (χ0n) is 11.9. The molecule has 0 heterocycles. The Balaban J connectivity index is 2.73. The van der Waals surface area contributed by atoms with Gasteiger partial charge in [0.2, 0.25) is 5.91 Å². The first-order chi connectivity index (χ1) is 9.49. The van der Waals surface area contributed by atoms with Gasteiger partial charge in [-0.1, -0.05) is 18.5 Å². The second-order valence-electron chi connectivity index (χ2n) is 4.66. The summed E-state index contributed by atoms with van der Waals surface area (Å²) in [5.41, 5.74) is 6.79. The number of amides is 1. The molecule has 0 aliphatic heterocycles. The number of nitrogens with one attached hydrogen (secondary N) is 1. The Bertz CT molecular complexity index is 448. The molecule has 112 valence electrons. The number of carbonyl (C=O) groups excluding carboxylic acids is 1. The van der Waals surface area contributed by atoms with Crippen LogP contribution in [0.1, 0.15) is 20.3 Å². The molecule has 0 spiro atoms. The van der Waals surface area contributed by atoms with Gasteiger partial charge in [0.15, 0.2) is 0 Å². The van der Waals surface area contributed by atoms with E-state index in [1.54, 1.807) is 18.2 Å². The van der Waals surface area contributed by atoms with Crippen LogP contribution in [-0.2, 0) is 4.79 Å². The SMILES string of the molecule is CCCN(CCO)C(C)C(=O)Nc1ccc(Cl)cc1N. The Hall–Kier alpha value is -1.30. The summed E-state index contributed by atoms with van der Waals surface area (Å²) in [6.07, 6.45) is 0.917. The molecule has 6 heteroatoms. The third-order valence-electron chi connectivity index (χ3n) is 3.10. The number of nitrogens with zero attached hydrogens (tertiary/aromatic N) is 1. The fourth-order valence-electron chi connectivity index (χ4n) is 1.97. The van der Waals surface area contributed by atoms with Crippen LogP contribution in [0.4, 0.5) is 11.4 Å². The summed E-state index contributed by atoms with van der Waals surface area (Å²) < 4.78 is 0. The van der Waals surface area contributed by atoms with E-state index in [9.17, 15) is 4.79 Å². The Labute approximate surface area is 124 Å². The second kappa shape index (κ2) is 8.09. The summed E-state index contributed by atoms with van der Waals surface area (Å²) in [5.74, 6) is -0.152. The molecule has 0 saturated carbocycles. The Morgan fingerprint density at radius 1 is 1.50 bits per heavy atom. The number of anilines is 2. The van der Waals surface area contributed by atoms with Crippen molar-refractivity contribution >= 4 is 28.9 Å². The first-order valence-corrected chi connectivity index (χ1v) is 7.08. The molecule has 0 saturated heterocycles. The molecule has 1 aromatic rings. The Morgan fingerprint density at radius 3 is 2.75 bits per heavy atom. The summed E-state index contributed by atoms with van der Waals surface area (Å²) in [5, 5.41) is 12.4. The maximum atomic E-state index is 12.2. The van der Waals surface area contributed by atoms with Gasteiger partial charge in [0.05, 0.1) is 24.0 Å². The largest absolute Gasteiger partial charge is 0.397 e. The molecule has 1 rings (SSSR count). The van der Waals surface area contributed by atoms with Crippen molar-refractivity contribution in [2.75, 3.05) is 30.7 Å². The van der Waals surface area contributed by atoms with Crippen LogP contribution < -0.4 is 11.1 Å². The molecular weight excluding hydrogens is 278 g/mol. The quantitative estimate of drug-likeness (QED) is 0.673. The van der Waals surface area contributed by atoms with Crippen LogP contribution >= 0.6 is 11.6 Å². The molecule has 20 heavy (non-hydrogen) atoms. The minimum absolute atomic E-state index is 0.0285. The van der Waals surface area contributed by atoms with E-state index in [4.69, 9.17) is 22.4 Å². The molecular formula is C14H22ClN3O2. The van der Waals surface area contributed by atoms with Crippen molar-refractivity contribution in [3.05, 3.63) is 23.2 Å². The third kappa shape index (κ3) is 4.67. The van der Waals surface area contributed by atoms with Crippen molar-refractivity contribution in [2.45, 2.75) is 26.3 Å². The number of aliphatic hydroxyl groups excluding tert-OH is 1. The lowest BCUT2D eigenvalue weighted by atomic mass is 10.2. The summed E-state index contributed by atoms with van der Waals surface area (Å²) in [4.78, 5) is 14.1. The van der Waals surface area contributed by atoms with Crippen LogP contribution in [0.15, 0.2) is 18.2 Å². The van der Waals surface area contributed by atoms with E-state index in [1.807, 2.05) is 18.7 Å². The van der Waals surface area contributed by atoms with Gasteiger partial charge in [0.25, 0.3) is 0 Å². The van der Waals surface area contributed by atoms with Crippen LogP contribution in [0.25, 0.3) is 0 Å². The lowest BCUT2D eigenvalue weighted by Crippen LogP contribution is -2.43. The number of nitrogen functional groups attached to an aromatic ring is 1. The predicted molar refractivity (Wildman–Crippen MR) is 82.9 cm³/mol. The number of nitrogens with two attached hydrogens (primary N) is 1. The molecule has 1 amide bonds. The highest BCUT2D eigenvalue weighted by molar-refractivity contribution is 6.31. The zero-order valence-corrected chi connectivity index (χ0v) is 12.7. The van der Waals surface area contributed by atoms with E-state index in [2.05, 4.69) is 5.32 Å². The van der Waals surface area contributed by atoms with E-state index in [-0.39, 0.29) is 18.6 Å². The minimum Gasteiger partial charge on any atom is -0.397 e. The normalized spacial score (nSPS) is 12.4. The van der Waals surface area contributed by atoms with Crippen molar-refractivity contribution in [3.63, 3.8) is 0 Å². The van der Waals surface area contributed by atoms with Crippen LogP contribution in [0.5, 0.6) is 0 Å². The highest BCUT2D eigenvalue weighted by atomic mass is 35.5. The van der Waals surface area contributed by atoms with Gasteiger partial charge in [-0.3, -0.25) is 9.69 Å². The molecule has 4 N–H and O–H groups in total. The number of hydrogen-bond donors (Lipinski definition) is 3. The molecule has 0 aliphatic carbocycles. The minimum atomic E-state index is -0.336. The summed E-state index contributed by atoms with van der Waals surface area (Å²) in [6, 6.07) is 4.62. The predicted octanol–water partition coefficient (Wildman–Crippen LogP) is 1.95. The number of aliphatic hydroxyl groups is 1. The molecule has 0 aromatic heterocycles.